The Hall–Kier alpha value is -1.55. The Morgan fingerprint density at radius 2 is 1.95 bits per heavy atom. The minimum atomic E-state index is 0.0307. The Bertz CT molecular complexity index is 526. The van der Waals surface area contributed by atoms with Gasteiger partial charge in [0.1, 0.15) is 12.4 Å². The van der Waals surface area contributed by atoms with Gasteiger partial charge in [-0.3, -0.25) is 4.79 Å². The number of benzene rings is 1. The van der Waals surface area contributed by atoms with E-state index in [0.717, 1.165) is 12.2 Å². The first-order valence-corrected chi connectivity index (χ1v) is 8.26. The predicted octanol–water partition coefficient (Wildman–Crippen LogP) is 2.21. The van der Waals surface area contributed by atoms with Crippen LogP contribution in [0.25, 0.3) is 0 Å². The average molecular weight is 302 g/mol. The monoisotopic (exact) mass is 302 g/mol. The van der Waals surface area contributed by atoms with Gasteiger partial charge in [0.25, 0.3) is 0 Å². The van der Waals surface area contributed by atoms with E-state index in [-0.39, 0.29) is 17.9 Å². The van der Waals surface area contributed by atoms with Crippen LogP contribution in [0.5, 0.6) is 5.75 Å². The van der Waals surface area contributed by atoms with Crippen molar-refractivity contribution >= 4 is 5.91 Å². The number of aryl methyl sites for hydroxylation is 1. The molecular formula is C18H26N2O2. The van der Waals surface area contributed by atoms with E-state index in [1.165, 1.54) is 18.4 Å². The molecule has 4 heteroatoms. The summed E-state index contributed by atoms with van der Waals surface area (Å²) in [5.74, 6) is 2.16. The summed E-state index contributed by atoms with van der Waals surface area (Å²) in [5.41, 5.74) is 7.47. The third-order valence-electron chi connectivity index (χ3n) is 5.36. The molecule has 2 aliphatic carbocycles. The molecule has 0 heterocycles. The molecule has 2 fully saturated rings. The molecule has 4 atom stereocenters. The van der Waals surface area contributed by atoms with Crippen molar-refractivity contribution in [2.75, 3.05) is 20.2 Å². The molecule has 2 aliphatic rings. The van der Waals surface area contributed by atoms with Crippen LogP contribution in [-0.2, 0) is 4.79 Å². The number of amides is 1. The highest BCUT2D eigenvalue weighted by atomic mass is 16.5. The average Bonchev–Trinajstić information content (AvgIpc) is 3.09. The number of carbonyl (C=O) groups is 1. The van der Waals surface area contributed by atoms with E-state index in [9.17, 15) is 4.79 Å². The summed E-state index contributed by atoms with van der Waals surface area (Å²) in [5, 5.41) is 0. The second-order valence-corrected chi connectivity index (χ2v) is 6.86. The summed E-state index contributed by atoms with van der Waals surface area (Å²) in [4.78, 5) is 14.4. The maximum atomic E-state index is 12.6. The molecular weight excluding hydrogens is 276 g/mol. The van der Waals surface area contributed by atoms with Gasteiger partial charge in [0.05, 0.1) is 12.5 Å². The number of hydrogen-bond acceptors (Lipinski definition) is 3. The molecule has 2 saturated carbocycles. The zero-order valence-electron chi connectivity index (χ0n) is 13.5. The Kier molecular flexibility index (Phi) is 4.39. The standard InChI is InChI=1S/C18H26N2O2/c1-12-3-7-15(8-4-12)22-10-9-20(2)18(21)16-13-5-6-14(11-13)17(16)19/h3-4,7-8,13-14,16-17H,5-6,9-11,19H2,1-2H3. The SMILES string of the molecule is Cc1ccc(OCCN(C)C(=O)C2C3CCC(C3)C2N)cc1. The van der Waals surface area contributed by atoms with Crippen LogP contribution in [0.4, 0.5) is 0 Å². The highest BCUT2D eigenvalue weighted by molar-refractivity contribution is 5.80. The van der Waals surface area contributed by atoms with E-state index in [0.29, 0.717) is 25.0 Å². The lowest BCUT2D eigenvalue weighted by atomic mass is 9.84. The number of nitrogens with zero attached hydrogens (tertiary/aromatic N) is 1. The molecule has 1 aromatic carbocycles. The molecule has 4 nitrogen and oxygen atoms in total. The second-order valence-electron chi connectivity index (χ2n) is 6.86. The van der Waals surface area contributed by atoms with Gasteiger partial charge in [-0.2, -0.15) is 0 Å². The van der Waals surface area contributed by atoms with E-state index in [1.54, 1.807) is 4.90 Å². The highest BCUT2D eigenvalue weighted by Gasteiger charge is 2.49. The van der Waals surface area contributed by atoms with Crippen LogP contribution in [-0.4, -0.2) is 37.0 Å². The molecule has 22 heavy (non-hydrogen) atoms. The molecule has 120 valence electrons. The fourth-order valence-corrected chi connectivity index (χ4v) is 4.00. The van der Waals surface area contributed by atoms with Crippen LogP contribution < -0.4 is 10.5 Å². The van der Waals surface area contributed by atoms with Crippen LogP contribution >= 0.6 is 0 Å². The minimum absolute atomic E-state index is 0.0307. The van der Waals surface area contributed by atoms with Gasteiger partial charge in [-0.05, 0) is 50.2 Å². The molecule has 0 aromatic heterocycles. The Labute approximate surface area is 132 Å². The number of hydrogen-bond donors (Lipinski definition) is 1. The van der Waals surface area contributed by atoms with Crippen LogP contribution in [0.15, 0.2) is 24.3 Å². The van der Waals surface area contributed by atoms with Crippen molar-refractivity contribution in [1.82, 2.24) is 4.90 Å². The Morgan fingerprint density at radius 1 is 1.27 bits per heavy atom. The van der Waals surface area contributed by atoms with Crippen molar-refractivity contribution < 1.29 is 9.53 Å². The molecule has 1 amide bonds. The number of fused-ring (bicyclic) bond motifs is 2. The molecule has 2 bridgehead atoms. The van der Waals surface area contributed by atoms with Crippen LogP contribution in [0, 0.1) is 24.7 Å². The quantitative estimate of drug-likeness (QED) is 0.907. The van der Waals surface area contributed by atoms with Crippen LogP contribution in [0.2, 0.25) is 0 Å². The lowest BCUT2D eigenvalue weighted by Crippen LogP contribution is -2.46. The van der Waals surface area contributed by atoms with Crippen molar-refractivity contribution in [3.8, 4) is 5.75 Å². The highest BCUT2D eigenvalue weighted by Crippen LogP contribution is 2.48. The molecule has 1 aromatic rings. The van der Waals surface area contributed by atoms with Crippen molar-refractivity contribution in [3.05, 3.63) is 29.8 Å². The second kappa shape index (κ2) is 6.29. The van der Waals surface area contributed by atoms with Crippen molar-refractivity contribution in [1.29, 1.82) is 0 Å². The Balaban J connectivity index is 1.48. The lowest BCUT2D eigenvalue weighted by Gasteiger charge is -2.30. The van der Waals surface area contributed by atoms with Crippen molar-refractivity contribution in [3.63, 3.8) is 0 Å². The maximum Gasteiger partial charge on any atom is 0.227 e. The van der Waals surface area contributed by atoms with E-state index in [2.05, 4.69) is 6.92 Å². The van der Waals surface area contributed by atoms with Gasteiger partial charge in [-0.15, -0.1) is 0 Å². The van der Waals surface area contributed by atoms with E-state index in [4.69, 9.17) is 10.5 Å². The van der Waals surface area contributed by atoms with Gasteiger partial charge in [-0.25, -0.2) is 0 Å². The molecule has 4 unspecified atom stereocenters. The van der Waals surface area contributed by atoms with E-state index in [1.807, 2.05) is 31.3 Å². The maximum absolute atomic E-state index is 12.6. The summed E-state index contributed by atoms with van der Waals surface area (Å²) in [6.45, 7) is 3.17. The van der Waals surface area contributed by atoms with Gasteiger partial charge < -0.3 is 15.4 Å². The van der Waals surface area contributed by atoms with Gasteiger partial charge >= 0.3 is 0 Å². The fraction of sp³-hybridized carbons (Fsp3) is 0.611. The first-order chi connectivity index (χ1) is 10.6. The molecule has 0 spiro atoms. The summed E-state index contributed by atoms with van der Waals surface area (Å²) < 4.78 is 5.71. The summed E-state index contributed by atoms with van der Waals surface area (Å²) in [6.07, 6.45) is 3.52. The topological polar surface area (TPSA) is 55.6 Å². The van der Waals surface area contributed by atoms with Gasteiger partial charge in [0.15, 0.2) is 0 Å². The number of rotatable bonds is 5. The van der Waals surface area contributed by atoms with Gasteiger partial charge in [0, 0.05) is 13.1 Å². The first-order valence-electron chi connectivity index (χ1n) is 8.26. The summed E-state index contributed by atoms with van der Waals surface area (Å²) >= 11 is 0. The van der Waals surface area contributed by atoms with E-state index < -0.39 is 0 Å². The smallest absolute Gasteiger partial charge is 0.227 e. The first kappa shape index (κ1) is 15.3. The third-order valence-corrected chi connectivity index (χ3v) is 5.36. The third kappa shape index (κ3) is 2.98. The van der Waals surface area contributed by atoms with Crippen LogP contribution in [0.3, 0.4) is 0 Å². The number of nitrogens with two attached hydrogens (primary N) is 1. The number of carbonyl (C=O) groups excluding carboxylic acids is 1. The van der Waals surface area contributed by atoms with Crippen LogP contribution in [0.1, 0.15) is 24.8 Å². The Morgan fingerprint density at radius 3 is 2.59 bits per heavy atom. The zero-order valence-corrected chi connectivity index (χ0v) is 13.5. The van der Waals surface area contributed by atoms with Crippen molar-refractivity contribution in [2.24, 2.45) is 23.5 Å². The fourth-order valence-electron chi connectivity index (χ4n) is 4.00. The normalized spacial score (nSPS) is 29.6. The molecule has 0 saturated heterocycles. The summed E-state index contributed by atoms with van der Waals surface area (Å²) in [7, 11) is 1.86. The number of likely N-dealkylation sites (N-methyl/N-ethyl adjacent to an activating group) is 1. The molecule has 0 aliphatic heterocycles. The molecule has 3 rings (SSSR count). The van der Waals surface area contributed by atoms with Gasteiger partial charge in [0.2, 0.25) is 5.91 Å². The van der Waals surface area contributed by atoms with E-state index >= 15 is 0 Å². The number of ether oxygens (including phenoxy) is 1. The van der Waals surface area contributed by atoms with Crippen molar-refractivity contribution in [2.45, 2.75) is 32.2 Å². The zero-order chi connectivity index (χ0) is 15.7. The summed E-state index contributed by atoms with van der Waals surface area (Å²) in [6, 6.07) is 8.04. The predicted molar refractivity (Wildman–Crippen MR) is 86.6 cm³/mol. The molecule has 0 radical (unpaired) electrons. The lowest BCUT2D eigenvalue weighted by molar-refractivity contribution is -0.136. The minimum Gasteiger partial charge on any atom is -0.492 e. The van der Waals surface area contributed by atoms with Gasteiger partial charge in [-0.1, -0.05) is 17.7 Å². The largest absolute Gasteiger partial charge is 0.492 e. The molecule has 2 N–H and O–H groups in total.